The standard InChI is InChI=1S/C16H23N3/c1-11(2)12(3)7-14-6-5-13(8-16(14)17)15-9-18-19(4)10-15/h5-6,8-12H,7,17H2,1-4H3. The van der Waals surface area contributed by atoms with Gasteiger partial charge in [-0.3, -0.25) is 4.68 Å². The second kappa shape index (κ2) is 5.47. The van der Waals surface area contributed by atoms with Crippen LogP contribution in [0.25, 0.3) is 11.1 Å². The third-order valence-corrected chi connectivity index (χ3v) is 3.86. The maximum Gasteiger partial charge on any atom is 0.0568 e. The van der Waals surface area contributed by atoms with Crippen LogP contribution in [0, 0.1) is 11.8 Å². The third-order valence-electron chi connectivity index (χ3n) is 3.86. The molecule has 0 saturated carbocycles. The van der Waals surface area contributed by atoms with Crippen molar-refractivity contribution in [3.63, 3.8) is 0 Å². The average Bonchev–Trinajstić information content (AvgIpc) is 2.78. The summed E-state index contributed by atoms with van der Waals surface area (Å²) in [6.07, 6.45) is 4.91. The second-order valence-electron chi connectivity index (χ2n) is 5.74. The van der Waals surface area contributed by atoms with Crippen LogP contribution in [-0.4, -0.2) is 9.78 Å². The first-order chi connectivity index (χ1) is 8.97. The number of rotatable bonds is 4. The van der Waals surface area contributed by atoms with Gasteiger partial charge in [-0.1, -0.05) is 32.9 Å². The highest BCUT2D eigenvalue weighted by molar-refractivity contribution is 5.68. The van der Waals surface area contributed by atoms with Crippen molar-refractivity contribution in [2.75, 3.05) is 5.73 Å². The van der Waals surface area contributed by atoms with E-state index in [4.69, 9.17) is 5.73 Å². The lowest BCUT2D eigenvalue weighted by Gasteiger charge is -2.17. The lowest BCUT2D eigenvalue weighted by Crippen LogP contribution is -2.09. The molecule has 1 aromatic heterocycles. The minimum absolute atomic E-state index is 0.645. The van der Waals surface area contributed by atoms with Crippen LogP contribution in [0.15, 0.2) is 30.6 Å². The number of nitrogens with zero attached hydrogens (tertiary/aromatic N) is 2. The van der Waals surface area contributed by atoms with E-state index in [9.17, 15) is 0 Å². The van der Waals surface area contributed by atoms with Gasteiger partial charge < -0.3 is 5.73 Å². The molecule has 3 nitrogen and oxygen atoms in total. The Balaban J connectivity index is 2.22. The maximum absolute atomic E-state index is 6.19. The van der Waals surface area contributed by atoms with Crippen LogP contribution < -0.4 is 5.73 Å². The smallest absolute Gasteiger partial charge is 0.0568 e. The molecule has 0 saturated heterocycles. The predicted molar refractivity (Wildman–Crippen MR) is 80.8 cm³/mol. The van der Waals surface area contributed by atoms with Crippen LogP contribution in [0.4, 0.5) is 5.69 Å². The Morgan fingerprint density at radius 2 is 1.95 bits per heavy atom. The van der Waals surface area contributed by atoms with Crippen LogP contribution >= 0.6 is 0 Å². The molecular weight excluding hydrogens is 234 g/mol. The molecule has 3 heteroatoms. The molecule has 1 aromatic carbocycles. The molecule has 1 unspecified atom stereocenters. The first-order valence-corrected chi connectivity index (χ1v) is 6.84. The fraction of sp³-hybridized carbons (Fsp3) is 0.438. The number of aryl methyl sites for hydroxylation is 1. The highest BCUT2D eigenvalue weighted by Gasteiger charge is 2.11. The van der Waals surface area contributed by atoms with Crippen LogP contribution in [0.1, 0.15) is 26.3 Å². The van der Waals surface area contributed by atoms with Gasteiger partial charge in [0, 0.05) is 24.5 Å². The Bertz CT molecular complexity index is 555. The Morgan fingerprint density at radius 3 is 2.47 bits per heavy atom. The number of hydrogen-bond donors (Lipinski definition) is 1. The molecule has 2 rings (SSSR count). The summed E-state index contributed by atoms with van der Waals surface area (Å²) in [6.45, 7) is 6.79. The van der Waals surface area contributed by atoms with Gasteiger partial charge >= 0.3 is 0 Å². The quantitative estimate of drug-likeness (QED) is 0.852. The molecular formula is C16H23N3. The summed E-state index contributed by atoms with van der Waals surface area (Å²) in [7, 11) is 1.92. The van der Waals surface area contributed by atoms with Crippen LogP contribution in [0.5, 0.6) is 0 Å². The van der Waals surface area contributed by atoms with E-state index in [1.807, 2.05) is 19.4 Å². The predicted octanol–water partition coefficient (Wildman–Crippen LogP) is 3.50. The van der Waals surface area contributed by atoms with Crippen molar-refractivity contribution in [2.24, 2.45) is 18.9 Å². The van der Waals surface area contributed by atoms with Gasteiger partial charge in [0.05, 0.1) is 6.20 Å². The molecule has 0 aliphatic rings. The molecule has 1 heterocycles. The highest BCUT2D eigenvalue weighted by atomic mass is 15.2. The largest absolute Gasteiger partial charge is 0.398 e. The van der Waals surface area contributed by atoms with Crippen molar-refractivity contribution in [1.82, 2.24) is 9.78 Å². The van der Waals surface area contributed by atoms with Gasteiger partial charge in [0.25, 0.3) is 0 Å². The van der Waals surface area contributed by atoms with Crippen molar-refractivity contribution in [2.45, 2.75) is 27.2 Å². The Morgan fingerprint density at radius 1 is 1.21 bits per heavy atom. The molecule has 0 amide bonds. The van der Waals surface area contributed by atoms with Crippen molar-refractivity contribution < 1.29 is 0 Å². The number of nitrogen functional groups attached to an aromatic ring is 1. The minimum atomic E-state index is 0.645. The van der Waals surface area contributed by atoms with Gasteiger partial charge in [-0.25, -0.2) is 0 Å². The summed E-state index contributed by atoms with van der Waals surface area (Å²) in [5.74, 6) is 1.32. The monoisotopic (exact) mass is 257 g/mol. The van der Waals surface area contributed by atoms with Crippen molar-refractivity contribution in [3.05, 3.63) is 36.2 Å². The van der Waals surface area contributed by atoms with Gasteiger partial charge in [0.15, 0.2) is 0 Å². The number of hydrogen-bond acceptors (Lipinski definition) is 2. The molecule has 0 fully saturated rings. The molecule has 0 spiro atoms. The molecule has 0 radical (unpaired) electrons. The van der Waals surface area contributed by atoms with Gasteiger partial charge in [-0.15, -0.1) is 0 Å². The Kier molecular flexibility index (Phi) is 3.93. The van der Waals surface area contributed by atoms with E-state index in [1.165, 1.54) is 5.56 Å². The number of nitrogens with two attached hydrogens (primary N) is 1. The summed E-state index contributed by atoms with van der Waals surface area (Å²) in [5.41, 5.74) is 10.6. The van der Waals surface area contributed by atoms with Crippen LogP contribution in [0.3, 0.4) is 0 Å². The molecule has 0 aliphatic carbocycles. The molecule has 19 heavy (non-hydrogen) atoms. The summed E-state index contributed by atoms with van der Waals surface area (Å²) in [6, 6.07) is 6.34. The topological polar surface area (TPSA) is 43.8 Å². The first kappa shape index (κ1) is 13.7. The summed E-state index contributed by atoms with van der Waals surface area (Å²) in [5, 5.41) is 4.19. The normalized spacial score (nSPS) is 12.9. The average molecular weight is 257 g/mol. The van der Waals surface area contributed by atoms with E-state index in [0.717, 1.165) is 23.2 Å². The summed E-state index contributed by atoms with van der Waals surface area (Å²) < 4.78 is 1.81. The fourth-order valence-corrected chi connectivity index (χ4v) is 2.11. The zero-order chi connectivity index (χ0) is 14.0. The molecule has 1 atom stereocenters. The Hall–Kier alpha value is -1.77. The van der Waals surface area contributed by atoms with Crippen molar-refractivity contribution >= 4 is 5.69 Å². The number of benzene rings is 1. The van der Waals surface area contributed by atoms with Gasteiger partial charge in [0.2, 0.25) is 0 Å². The number of aromatic nitrogens is 2. The molecule has 0 bridgehead atoms. The lowest BCUT2D eigenvalue weighted by atomic mass is 9.90. The first-order valence-electron chi connectivity index (χ1n) is 6.84. The van der Waals surface area contributed by atoms with Crippen LogP contribution in [-0.2, 0) is 13.5 Å². The molecule has 2 aromatic rings. The molecule has 102 valence electrons. The van der Waals surface area contributed by atoms with E-state index >= 15 is 0 Å². The SMILES string of the molecule is CC(C)C(C)Cc1ccc(-c2cnn(C)c2)cc1N. The summed E-state index contributed by atoms with van der Waals surface area (Å²) >= 11 is 0. The fourth-order valence-electron chi connectivity index (χ4n) is 2.11. The van der Waals surface area contributed by atoms with Crippen LogP contribution in [0.2, 0.25) is 0 Å². The van der Waals surface area contributed by atoms with Crippen molar-refractivity contribution in [1.29, 1.82) is 0 Å². The van der Waals surface area contributed by atoms with E-state index in [-0.39, 0.29) is 0 Å². The van der Waals surface area contributed by atoms with E-state index in [0.29, 0.717) is 11.8 Å². The number of anilines is 1. The zero-order valence-corrected chi connectivity index (χ0v) is 12.2. The van der Waals surface area contributed by atoms with E-state index < -0.39 is 0 Å². The Labute approximate surface area is 115 Å². The van der Waals surface area contributed by atoms with E-state index in [1.54, 1.807) is 4.68 Å². The zero-order valence-electron chi connectivity index (χ0n) is 12.2. The lowest BCUT2D eigenvalue weighted by molar-refractivity contribution is 0.418. The third kappa shape index (κ3) is 3.16. The van der Waals surface area contributed by atoms with E-state index in [2.05, 4.69) is 44.1 Å². The minimum Gasteiger partial charge on any atom is -0.398 e. The van der Waals surface area contributed by atoms with Gasteiger partial charge in [-0.05, 0) is 35.4 Å². The molecule has 2 N–H and O–H groups in total. The summed E-state index contributed by atoms with van der Waals surface area (Å²) in [4.78, 5) is 0. The molecule has 0 aliphatic heterocycles. The second-order valence-corrected chi connectivity index (χ2v) is 5.74. The highest BCUT2D eigenvalue weighted by Crippen LogP contribution is 2.26. The van der Waals surface area contributed by atoms with Gasteiger partial charge in [-0.2, -0.15) is 5.10 Å². The van der Waals surface area contributed by atoms with Crippen molar-refractivity contribution in [3.8, 4) is 11.1 Å². The maximum atomic E-state index is 6.19. The van der Waals surface area contributed by atoms with Gasteiger partial charge in [0.1, 0.15) is 0 Å².